The Hall–Kier alpha value is 0. The quantitative estimate of drug-likeness (QED) is 0.524. The van der Waals surface area contributed by atoms with Crippen molar-refractivity contribution in [3.05, 3.63) is 0 Å². The van der Waals surface area contributed by atoms with Crippen molar-refractivity contribution in [3.63, 3.8) is 0 Å². The van der Waals surface area contributed by atoms with Crippen LogP contribution in [-0.2, 0) is 0 Å². The van der Waals surface area contributed by atoms with Gasteiger partial charge in [-0.2, -0.15) is 0 Å². The largest absolute Gasteiger partial charge is 0.0683 e. The third-order valence-electron chi connectivity index (χ3n) is 1.89. The smallest absolute Gasteiger partial charge is 0.0469 e. The average molecular weight is 230 g/mol. The van der Waals surface area contributed by atoms with Crippen molar-refractivity contribution in [1.29, 1.82) is 0 Å². The molecule has 0 unspecified atom stereocenters. The minimum atomic E-state index is 0.875. The minimum Gasteiger partial charge on any atom is -0.0683 e. The van der Waals surface area contributed by atoms with Gasteiger partial charge in [-0.3, -0.25) is 0 Å². The number of rotatable bonds is 4. The first kappa shape index (κ1) is 21.3. The van der Waals surface area contributed by atoms with Gasteiger partial charge in [0.1, 0.15) is 0 Å². The van der Waals surface area contributed by atoms with Crippen molar-refractivity contribution >= 4 is 0 Å². The van der Waals surface area contributed by atoms with Gasteiger partial charge in [0, 0.05) is 0 Å². The van der Waals surface area contributed by atoms with E-state index in [1.807, 2.05) is 13.8 Å². The maximum absolute atomic E-state index is 2.26. The summed E-state index contributed by atoms with van der Waals surface area (Å²) in [6.07, 6.45) is 2.72. The second-order valence-electron chi connectivity index (χ2n) is 6.05. The molecule has 0 heterocycles. The van der Waals surface area contributed by atoms with Crippen LogP contribution in [0.15, 0.2) is 0 Å². The molecule has 0 bridgehead atoms. The van der Waals surface area contributed by atoms with E-state index in [1.54, 1.807) is 0 Å². The van der Waals surface area contributed by atoms with Gasteiger partial charge in [0.2, 0.25) is 0 Å². The highest BCUT2D eigenvalue weighted by atomic mass is 14.0. The zero-order chi connectivity index (χ0) is 13.7. The molecule has 0 aliphatic carbocycles. The normalized spacial score (nSPS) is 10.1. The Labute approximate surface area is 106 Å². The predicted molar refractivity (Wildman–Crippen MR) is 79.9 cm³/mol. The molecule has 0 N–H and O–H groups in total. The van der Waals surface area contributed by atoms with Crippen molar-refractivity contribution in [2.75, 3.05) is 0 Å². The average Bonchev–Trinajstić information content (AvgIpc) is 2.03. The molecular formula is C16H38. The number of hydrogen-bond acceptors (Lipinski definition) is 0. The molecule has 0 rings (SSSR count). The van der Waals surface area contributed by atoms with Gasteiger partial charge >= 0.3 is 0 Å². The van der Waals surface area contributed by atoms with Crippen molar-refractivity contribution < 1.29 is 0 Å². The highest BCUT2D eigenvalue weighted by molar-refractivity contribution is 4.48. The van der Waals surface area contributed by atoms with E-state index in [-0.39, 0.29) is 0 Å². The van der Waals surface area contributed by atoms with Crippen LogP contribution in [0, 0.1) is 23.7 Å². The summed E-state index contributed by atoms with van der Waals surface area (Å²) in [5.41, 5.74) is 0. The SMILES string of the molecule is CC.CC(C)CC(C)C.CC(C)CC(C)C. The zero-order valence-electron chi connectivity index (χ0n) is 13.7. The first-order valence-electron chi connectivity index (χ1n) is 7.25. The van der Waals surface area contributed by atoms with Crippen LogP contribution in [-0.4, -0.2) is 0 Å². The van der Waals surface area contributed by atoms with Crippen LogP contribution < -0.4 is 0 Å². The topological polar surface area (TPSA) is 0 Å². The lowest BCUT2D eigenvalue weighted by atomic mass is 10.0. The molecule has 102 valence electrons. The molecule has 0 aliphatic rings. The molecule has 0 spiro atoms. The van der Waals surface area contributed by atoms with E-state index in [1.165, 1.54) is 12.8 Å². The van der Waals surface area contributed by atoms with Gasteiger partial charge in [0.05, 0.1) is 0 Å². The lowest BCUT2D eigenvalue weighted by Crippen LogP contribution is -1.93. The molecule has 0 fully saturated rings. The molecule has 0 saturated heterocycles. The summed E-state index contributed by atoms with van der Waals surface area (Å²) in [5, 5.41) is 0. The molecule has 0 atom stereocenters. The third-order valence-corrected chi connectivity index (χ3v) is 1.89. The van der Waals surface area contributed by atoms with Gasteiger partial charge in [-0.15, -0.1) is 0 Å². The van der Waals surface area contributed by atoms with E-state index < -0.39 is 0 Å². The number of hydrogen-bond donors (Lipinski definition) is 0. The molecule has 0 aliphatic heterocycles. The van der Waals surface area contributed by atoms with Gasteiger partial charge in [-0.1, -0.05) is 69.2 Å². The van der Waals surface area contributed by atoms with E-state index in [0.717, 1.165) is 23.7 Å². The van der Waals surface area contributed by atoms with E-state index >= 15 is 0 Å². The van der Waals surface area contributed by atoms with Crippen LogP contribution in [0.2, 0.25) is 0 Å². The maximum atomic E-state index is 2.26. The highest BCUT2D eigenvalue weighted by Crippen LogP contribution is 2.08. The maximum Gasteiger partial charge on any atom is -0.0469 e. The molecule has 0 aromatic heterocycles. The van der Waals surface area contributed by atoms with Gasteiger partial charge < -0.3 is 0 Å². The van der Waals surface area contributed by atoms with E-state index in [9.17, 15) is 0 Å². The van der Waals surface area contributed by atoms with Crippen LogP contribution in [0.3, 0.4) is 0 Å². The lowest BCUT2D eigenvalue weighted by molar-refractivity contribution is 0.469. The van der Waals surface area contributed by atoms with Gasteiger partial charge in [-0.05, 0) is 36.5 Å². The molecular weight excluding hydrogens is 192 g/mol. The van der Waals surface area contributed by atoms with E-state index in [0.29, 0.717) is 0 Å². The van der Waals surface area contributed by atoms with Crippen LogP contribution in [0.1, 0.15) is 82.1 Å². The second-order valence-corrected chi connectivity index (χ2v) is 6.05. The Bertz CT molecular complexity index is 72.6. The summed E-state index contributed by atoms with van der Waals surface area (Å²) in [6.45, 7) is 22.1. The first-order valence-corrected chi connectivity index (χ1v) is 7.25. The predicted octanol–water partition coefficient (Wildman–Crippen LogP) is 6.40. The fourth-order valence-corrected chi connectivity index (χ4v) is 1.89. The Balaban J connectivity index is -0.000000183. The summed E-state index contributed by atoms with van der Waals surface area (Å²) in [5.74, 6) is 3.50. The minimum absolute atomic E-state index is 0.875. The Morgan fingerprint density at radius 2 is 0.562 bits per heavy atom. The molecule has 0 amide bonds. The Morgan fingerprint density at radius 3 is 0.562 bits per heavy atom. The molecule has 0 radical (unpaired) electrons. The molecule has 0 nitrogen and oxygen atoms in total. The summed E-state index contributed by atoms with van der Waals surface area (Å²) < 4.78 is 0. The van der Waals surface area contributed by atoms with Crippen LogP contribution in [0.5, 0.6) is 0 Å². The van der Waals surface area contributed by atoms with Crippen LogP contribution in [0.25, 0.3) is 0 Å². The fraction of sp³-hybridized carbons (Fsp3) is 1.00. The lowest BCUT2D eigenvalue weighted by Gasteiger charge is -2.05. The van der Waals surface area contributed by atoms with Crippen molar-refractivity contribution in [3.8, 4) is 0 Å². The summed E-state index contributed by atoms with van der Waals surface area (Å²) >= 11 is 0. The highest BCUT2D eigenvalue weighted by Gasteiger charge is 1.96. The van der Waals surface area contributed by atoms with Crippen LogP contribution >= 0.6 is 0 Å². The van der Waals surface area contributed by atoms with Crippen molar-refractivity contribution in [1.82, 2.24) is 0 Å². The third kappa shape index (κ3) is 37.0. The molecule has 0 saturated carbocycles. The van der Waals surface area contributed by atoms with Crippen molar-refractivity contribution in [2.24, 2.45) is 23.7 Å². The van der Waals surface area contributed by atoms with Crippen LogP contribution in [0.4, 0.5) is 0 Å². The van der Waals surface area contributed by atoms with Crippen molar-refractivity contribution in [2.45, 2.75) is 82.1 Å². The fourth-order valence-electron chi connectivity index (χ4n) is 1.89. The molecule has 0 aromatic carbocycles. The molecule has 0 aromatic rings. The van der Waals surface area contributed by atoms with E-state index in [2.05, 4.69) is 55.4 Å². The molecule has 16 heavy (non-hydrogen) atoms. The summed E-state index contributed by atoms with van der Waals surface area (Å²) in [4.78, 5) is 0. The molecule has 0 heteroatoms. The second kappa shape index (κ2) is 15.0. The summed E-state index contributed by atoms with van der Waals surface area (Å²) in [6, 6.07) is 0. The monoisotopic (exact) mass is 230 g/mol. The van der Waals surface area contributed by atoms with Gasteiger partial charge in [0.15, 0.2) is 0 Å². The summed E-state index contributed by atoms with van der Waals surface area (Å²) in [7, 11) is 0. The Morgan fingerprint density at radius 1 is 0.438 bits per heavy atom. The zero-order valence-corrected chi connectivity index (χ0v) is 13.7. The van der Waals surface area contributed by atoms with Gasteiger partial charge in [0.25, 0.3) is 0 Å². The van der Waals surface area contributed by atoms with Gasteiger partial charge in [-0.25, -0.2) is 0 Å². The standard InChI is InChI=1S/2C7H16.C2H6/c2*1-6(2)5-7(3)4;1-2/h2*6-7H,5H2,1-4H3;1-2H3. The first-order chi connectivity index (χ1) is 7.25. The Kier molecular flexibility index (Phi) is 20.0. The van der Waals surface area contributed by atoms with E-state index in [4.69, 9.17) is 0 Å².